The average Bonchev–Trinajstić information content (AvgIpc) is 2.38. The molecule has 0 aliphatic carbocycles. The van der Waals surface area contributed by atoms with Crippen LogP contribution < -0.4 is 10.1 Å². The molecule has 1 N–H and O–H groups in total. The predicted molar refractivity (Wildman–Crippen MR) is 71.8 cm³/mol. The Hall–Kier alpha value is -2.10. The summed E-state index contributed by atoms with van der Waals surface area (Å²) in [5, 5.41) is 3.23. The van der Waals surface area contributed by atoms with Gasteiger partial charge in [0.1, 0.15) is 24.0 Å². The number of hydrogen-bond acceptors (Lipinski definition) is 4. The largest absolute Gasteiger partial charge is 0.489 e. The van der Waals surface area contributed by atoms with Gasteiger partial charge in [-0.3, -0.25) is 0 Å². The van der Waals surface area contributed by atoms with E-state index in [1.165, 1.54) is 0 Å². The quantitative estimate of drug-likeness (QED) is 0.877. The van der Waals surface area contributed by atoms with Crippen molar-refractivity contribution >= 4 is 5.82 Å². The maximum absolute atomic E-state index is 5.76. The van der Waals surface area contributed by atoms with Crippen molar-refractivity contribution in [1.82, 2.24) is 9.97 Å². The van der Waals surface area contributed by atoms with Gasteiger partial charge in [-0.1, -0.05) is 18.2 Å². The minimum atomic E-state index is 0.0719. The van der Waals surface area contributed by atoms with Gasteiger partial charge in [-0.05, 0) is 26.0 Å². The molecule has 0 aliphatic heterocycles. The number of rotatable bonds is 5. The van der Waals surface area contributed by atoms with E-state index in [0.29, 0.717) is 6.54 Å². The van der Waals surface area contributed by atoms with E-state index < -0.39 is 0 Å². The van der Waals surface area contributed by atoms with Gasteiger partial charge in [0.15, 0.2) is 0 Å². The maximum atomic E-state index is 5.76. The Balaban J connectivity index is 1.83. The first-order chi connectivity index (χ1) is 8.74. The van der Waals surface area contributed by atoms with Crippen molar-refractivity contribution in [3.05, 3.63) is 48.4 Å². The molecule has 4 heteroatoms. The number of ether oxygens (including phenoxy) is 1. The standard InChI is InChI=1S/C14H17N3O/c1-11-8-14(17-10-16-11)15-9-12(2)18-13-6-4-3-5-7-13/h3-8,10,12H,9H2,1-2H3,(H,15,16,17). The van der Waals surface area contributed by atoms with Crippen LogP contribution in [0.5, 0.6) is 5.75 Å². The SMILES string of the molecule is Cc1cc(NCC(C)Oc2ccccc2)ncn1. The van der Waals surface area contributed by atoms with Gasteiger partial charge in [0.2, 0.25) is 0 Å². The van der Waals surface area contributed by atoms with E-state index in [2.05, 4.69) is 15.3 Å². The summed E-state index contributed by atoms with van der Waals surface area (Å²) in [6.45, 7) is 4.66. The lowest BCUT2D eigenvalue weighted by Gasteiger charge is -2.15. The number of para-hydroxylation sites is 1. The first-order valence-corrected chi connectivity index (χ1v) is 5.98. The molecule has 4 nitrogen and oxygen atoms in total. The van der Waals surface area contributed by atoms with Crippen LogP contribution in [0.15, 0.2) is 42.7 Å². The Morgan fingerprint density at radius 2 is 2.00 bits per heavy atom. The highest BCUT2D eigenvalue weighted by molar-refractivity contribution is 5.34. The monoisotopic (exact) mass is 243 g/mol. The smallest absolute Gasteiger partial charge is 0.129 e. The maximum Gasteiger partial charge on any atom is 0.129 e. The van der Waals surface area contributed by atoms with E-state index in [1.54, 1.807) is 6.33 Å². The summed E-state index contributed by atoms with van der Waals surface area (Å²) in [6.07, 6.45) is 1.63. The van der Waals surface area contributed by atoms with E-state index in [9.17, 15) is 0 Å². The molecule has 18 heavy (non-hydrogen) atoms. The van der Waals surface area contributed by atoms with Gasteiger partial charge >= 0.3 is 0 Å². The van der Waals surface area contributed by atoms with Crippen LogP contribution in [0.25, 0.3) is 0 Å². The highest BCUT2D eigenvalue weighted by Gasteiger charge is 2.04. The summed E-state index contributed by atoms with van der Waals surface area (Å²) in [6, 6.07) is 11.7. The predicted octanol–water partition coefficient (Wildman–Crippen LogP) is 2.66. The molecule has 0 fully saturated rings. The number of anilines is 1. The summed E-state index contributed by atoms with van der Waals surface area (Å²) < 4.78 is 5.76. The van der Waals surface area contributed by atoms with E-state index >= 15 is 0 Å². The summed E-state index contributed by atoms with van der Waals surface area (Å²) in [5.41, 5.74) is 0.948. The third kappa shape index (κ3) is 3.73. The van der Waals surface area contributed by atoms with E-state index in [4.69, 9.17) is 4.74 Å². The summed E-state index contributed by atoms with van der Waals surface area (Å²) in [7, 11) is 0. The van der Waals surface area contributed by atoms with Crippen LogP contribution in [0.2, 0.25) is 0 Å². The number of aryl methyl sites for hydroxylation is 1. The summed E-state index contributed by atoms with van der Waals surface area (Å²) in [4.78, 5) is 8.19. The van der Waals surface area contributed by atoms with Gasteiger partial charge in [0.05, 0.1) is 6.54 Å². The normalized spacial score (nSPS) is 11.9. The number of nitrogens with one attached hydrogen (secondary N) is 1. The van der Waals surface area contributed by atoms with Crippen LogP contribution in [0.4, 0.5) is 5.82 Å². The lowest BCUT2D eigenvalue weighted by atomic mass is 10.3. The van der Waals surface area contributed by atoms with E-state index in [1.807, 2.05) is 50.2 Å². The fourth-order valence-corrected chi connectivity index (χ4v) is 1.57. The zero-order chi connectivity index (χ0) is 12.8. The van der Waals surface area contributed by atoms with E-state index in [-0.39, 0.29) is 6.10 Å². The lowest BCUT2D eigenvalue weighted by molar-refractivity contribution is 0.234. The number of nitrogens with zero attached hydrogens (tertiary/aromatic N) is 2. The number of hydrogen-bond donors (Lipinski definition) is 1. The first kappa shape index (κ1) is 12.4. The Kier molecular flexibility index (Phi) is 4.12. The highest BCUT2D eigenvalue weighted by atomic mass is 16.5. The molecule has 1 aromatic heterocycles. The Labute approximate surface area is 107 Å². The fourth-order valence-electron chi connectivity index (χ4n) is 1.57. The van der Waals surface area contributed by atoms with Gasteiger partial charge in [-0.2, -0.15) is 0 Å². The van der Waals surface area contributed by atoms with Crippen molar-refractivity contribution in [2.24, 2.45) is 0 Å². The number of benzene rings is 1. The molecule has 0 aliphatic rings. The van der Waals surface area contributed by atoms with Gasteiger partial charge in [0.25, 0.3) is 0 Å². The van der Waals surface area contributed by atoms with Crippen molar-refractivity contribution < 1.29 is 4.74 Å². The Morgan fingerprint density at radius 1 is 1.22 bits per heavy atom. The Morgan fingerprint density at radius 3 is 2.72 bits per heavy atom. The second-order valence-corrected chi connectivity index (χ2v) is 4.17. The lowest BCUT2D eigenvalue weighted by Crippen LogP contribution is -2.23. The molecule has 0 radical (unpaired) electrons. The molecule has 2 rings (SSSR count). The Bertz CT molecular complexity index is 487. The second kappa shape index (κ2) is 6.00. The second-order valence-electron chi connectivity index (χ2n) is 4.17. The molecule has 1 aromatic carbocycles. The zero-order valence-corrected chi connectivity index (χ0v) is 10.6. The van der Waals surface area contributed by atoms with Gasteiger partial charge < -0.3 is 10.1 Å². The minimum absolute atomic E-state index is 0.0719. The third-order valence-electron chi connectivity index (χ3n) is 2.45. The van der Waals surface area contributed by atoms with E-state index in [0.717, 1.165) is 17.3 Å². The van der Waals surface area contributed by atoms with Crippen LogP contribution in [0.3, 0.4) is 0 Å². The van der Waals surface area contributed by atoms with Crippen LogP contribution in [-0.2, 0) is 0 Å². The molecule has 1 atom stereocenters. The fraction of sp³-hybridized carbons (Fsp3) is 0.286. The molecule has 1 unspecified atom stereocenters. The minimum Gasteiger partial charge on any atom is -0.489 e. The topological polar surface area (TPSA) is 47.0 Å². The van der Waals surface area contributed by atoms with Gasteiger partial charge in [0, 0.05) is 11.8 Å². The molecule has 2 aromatic rings. The molecular formula is C14H17N3O. The van der Waals surface area contributed by atoms with Crippen molar-refractivity contribution in [3.63, 3.8) is 0 Å². The van der Waals surface area contributed by atoms with Gasteiger partial charge in [-0.25, -0.2) is 9.97 Å². The van der Waals surface area contributed by atoms with Crippen molar-refractivity contribution in [3.8, 4) is 5.75 Å². The third-order valence-corrected chi connectivity index (χ3v) is 2.45. The molecule has 0 saturated carbocycles. The van der Waals surface area contributed by atoms with Crippen LogP contribution in [0.1, 0.15) is 12.6 Å². The molecule has 0 saturated heterocycles. The van der Waals surface area contributed by atoms with Crippen molar-refractivity contribution in [2.45, 2.75) is 20.0 Å². The van der Waals surface area contributed by atoms with Crippen molar-refractivity contribution in [2.75, 3.05) is 11.9 Å². The first-order valence-electron chi connectivity index (χ1n) is 5.98. The van der Waals surface area contributed by atoms with Crippen LogP contribution in [-0.4, -0.2) is 22.6 Å². The summed E-state index contributed by atoms with van der Waals surface area (Å²) >= 11 is 0. The van der Waals surface area contributed by atoms with Gasteiger partial charge in [-0.15, -0.1) is 0 Å². The molecule has 0 spiro atoms. The molecule has 94 valence electrons. The molecule has 0 amide bonds. The van der Waals surface area contributed by atoms with Crippen LogP contribution in [0, 0.1) is 6.92 Å². The highest BCUT2D eigenvalue weighted by Crippen LogP contribution is 2.11. The zero-order valence-electron chi connectivity index (χ0n) is 10.6. The van der Waals surface area contributed by atoms with Crippen molar-refractivity contribution in [1.29, 1.82) is 0 Å². The van der Waals surface area contributed by atoms with Crippen LogP contribution >= 0.6 is 0 Å². The molecular weight excluding hydrogens is 226 g/mol. The molecule has 1 heterocycles. The average molecular weight is 243 g/mol. The summed E-state index contributed by atoms with van der Waals surface area (Å²) in [5.74, 6) is 1.71. The number of aromatic nitrogens is 2. The molecule has 0 bridgehead atoms.